The average molecular weight is 372 g/mol. The van der Waals surface area contributed by atoms with Crippen LogP contribution in [0.15, 0.2) is 28.9 Å². The molecule has 3 heterocycles. The van der Waals surface area contributed by atoms with Crippen molar-refractivity contribution < 1.29 is 18.7 Å². The van der Waals surface area contributed by atoms with E-state index >= 15 is 0 Å². The molecule has 0 bridgehead atoms. The Balaban J connectivity index is 1.52. The number of carbonyl (C=O) groups excluding carboxylic acids is 2. The van der Waals surface area contributed by atoms with Gasteiger partial charge in [0.1, 0.15) is 5.76 Å². The highest BCUT2D eigenvalue weighted by molar-refractivity contribution is 5.79. The number of amides is 2. The fourth-order valence-electron chi connectivity index (χ4n) is 3.06. The number of hydrogen-bond donors (Lipinski definition) is 1. The number of aryl methyl sites for hydroxylation is 1. The van der Waals surface area contributed by atoms with Crippen LogP contribution < -0.4 is 5.32 Å². The van der Waals surface area contributed by atoms with Crippen LogP contribution in [0, 0.1) is 6.92 Å². The highest BCUT2D eigenvalue weighted by Crippen LogP contribution is 2.21. The van der Waals surface area contributed by atoms with Crippen molar-refractivity contribution in [3.63, 3.8) is 0 Å². The van der Waals surface area contributed by atoms with Gasteiger partial charge in [0.25, 0.3) is 0 Å². The molecule has 1 N–H and O–H groups in total. The minimum Gasteiger partial charge on any atom is -0.450 e. The third-order valence-electron chi connectivity index (χ3n) is 4.52. The Hall–Kier alpha value is -2.90. The molecule has 8 nitrogen and oxygen atoms in total. The van der Waals surface area contributed by atoms with E-state index in [9.17, 15) is 9.59 Å². The van der Waals surface area contributed by atoms with Crippen molar-refractivity contribution in [3.8, 4) is 11.5 Å². The van der Waals surface area contributed by atoms with Crippen LogP contribution in [0.1, 0.15) is 31.2 Å². The van der Waals surface area contributed by atoms with Gasteiger partial charge < -0.3 is 19.4 Å². The van der Waals surface area contributed by atoms with Crippen molar-refractivity contribution in [3.05, 3.63) is 36.0 Å². The third-order valence-corrected chi connectivity index (χ3v) is 4.52. The first kappa shape index (κ1) is 18.9. The summed E-state index contributed by atoms with van der Waals surface area (Å²) in [4.78, 5) is 34.3. The van der Waals surface area contributed by atoms with Gasteiger partial charge in [0.15, 0.2) is 0 Å². The number of ether oxygens (including phenoxy) is 1. The predicted molar refractivity (Wildman–Crippen MR) is 97.9 cm³/mol. The van der Waals surface area contributed by atoms with Gasteiger partial charge in [-0.3, -0.25) is 9.78 Å². The number of likely N-dealkylation sites (tertiary alicyclic amines) is 1. The molecule has 0 unspecified atom stereocenters. The van der Waals surface area contributed by atoms with Gasteiger partial charge in [0.2, 0.25) is 11.8 Å². The summed E-state index contributed by atoms with van der Waals surface area (Å²) in [6, 6.07) is 3.72. The summed E-state index contributed by atoms with van der Waals surface area (Å²) in [6.07, 6.45) is 4.65. The number of aromatic nitrogens is 2. The molecule has 0 saturated carbocycles. The molecule has 0 atom stereocenters. The van der Waals surface area contributed by atoms with Crippen molar-refractivity contribution >= 4 is 12.0 Å². The minimum absolute atomic E-state index is 0.0492. The average Bonchev–Trinajstić information content (AvgIpc) is 3.03. The maximum Gasteiger partial charge on any atom is 0.409 e. The van der Waals surface area contributed by atoms with Gasteiger partial charge in [-0.15, -0.1) is 0 Å². The number of oxazole rings is 1. The van der Waals surface area contributed by atoms with Crippen LogP contribution in [-0.4, -0.2) is 52.6 Å². The van der Waals surface area contributed by atoms with Gasteiger partial charge in [0.05, 0.1) is 24.3 Å². The zero-order chi connectivity index (χ0) is 19.2. The van der Waals surface area contributed by atoms with Crippen LogP contribution in [0.2, 0.25) is 0 Å². The predicted octanol–water partition coefficient (Wildman–Crippen LogP) is 2.32. The lowest BCUT2D eigenvalue weighted by atomic mass is 10.1. The number of hydrogen-bond acceptors (Lipinski definition) is 6. The van der Waals surface area contributed by atoms with Gasteiger partial charge in [-0.1, -0.05) is 0 Å². The van der Waals surface area contributed by atoms with E-state index in [2.05, 4.69) is 15.3 Å². The Labute approximate surface area is 157 Å². The first-order valence-electron chi connectivity index (χ1n) is 9.14. The molecular weight excluding hydrogens is 348 g/mol. The molecule has 0 aromatic carbocycles. The normalized spacial score (nSPS) is 14.8. The topological polar surface area (TPSA) is 97.6 Å². The van der Waals surface area contributed by atoms with Crippen LogP contribution in [0.4, 0.5) is 4.79 Å². The summed E-state index contributed by atoms with van der Waals surface area (Å²) in [7, 11) is 0. The van der Waals surface area contributed by atoms with E-state index in [0.717, 1.165) is 5.56 Å². The summed E-state index contributed by atoms with van der Waals surface area (Å²) >= 11 is 0. The molecule has 0 radical (unpaired) electrons. The highest BCUT2D eigenvalue weighted by Gasteiger charge is 2.25. The zero-order valence-corrected chi connectivity index (χ0v) is 15.6. The maximum absolute atomic E-state index is 12.4. The molecule has 1 fully saturated rings. The van der Waals surface area contributed by atoms with E-state index in [1.807, 2.05) is 12.1 Å². The molecule has 1 aliphatic rings. The number of pyridine rings is 1. The SMILES string of the molecule is CCOC(=O)N1CCC(NC(=O)Cc2nc(-c3cccnc3)oc2C)CC1. The fourth-order valence-corrected chi connectivity index (χ4v) is 3.06. The molecule has 27 heavy (non-hydrogen) atoms. The second-order valence-corrected chi connectivity index (χ2v) is 6.47. The smallest absolute Gasteiger partial charge is 0.409 e. The standard InChI is InChI=1S/C19H24N4O4/c1-3-26-19(25)23-9-6-15(7-10-23)21-17(24)11-16-13(2)27-18(22-16)14-5-4-8-20-12-14/h4-5,8,12,15H,3,6-7,9-11H2,1-2H3,(H,21,24). The second kappa shape index (κ2) is 8.66. The molecule has 8 heteroatoms. The van der Waals surface area contributed by atoms with E-state index in [1.165, 1.54) is 0 Å². The van der Waals surface area contributed by atoms with E-state index in [-0.39, 0.29) is 24.5 Å². The van der Waals surface area contributed by atoms with Crippen molar-refractivity contribution in [2.45, 2.75) is 39.2 Å². The van der Waals surface area contributed by atoms with Gasteiger partial charge in [-0.25, -0.2) is 9.78 Å². The van der Waals surface area contributed by atoms with Crippen molar-refractivity contribution in [2.24, 2.45) is 0 Å². The minimum atomic E-state index is -0.288. The molecule has 0 aliphatic carbocycles. The largest absolute Gasteiger partial charge is 0.450 e. The number of nitrogens with one attached hydrogen (secondary N) is 1. The molecule has 3 rings (SSSR count). The van der Waals surface area contributed by atoms with Gasteiger partial charge in [0, 0.05) is 31.5 Å². The molecule has 1 saturated heterocycles. The van der Waals surface area contributed by atoms with Crippen LogP contribution in [0.3, 0.4) is 0 Å². The first-order valence-corrected chi connectivity index (χ1v) is 9.14. The van der Waals surface area contributed by atoms with E-state index in [4.69, 9.17) is 9.15 Å². The van der Waals surface area contributed by atoms with Crippen LogP contribution in [0.25, 0.3) is 11.5 Å². The molecular formula is C19H24N4O4. The number of carbonyl (C=O) groups is 2. The number of rotatable bonds is 5. The van der Waals surface area contributed by atoms with E-state index < -0.39 is 0 Å². The number of piperidine rings is 1. The van der Waals surface area contributed by atoms with Gasteiger partial charge in [-0.2, -0.15) is 0 Å². The third kappa shape index (κ3) is 4.84. The highest BCUT2D eigenvalue weighted by atomic mass is 16.6. The Morgan fingerprint density at radius 2 is 2.15 bits per heavy atom. The van der Waals surface area contributed by atoms with E-state index in [0.29, 0.717) is 49.9 Å². The van der Waals surface area contributed by atoms with Crippen LogP contribution in [-0.2, 0) is 16.0 Å². The summed E-state index contributed by atoms with van der Waals surface area (Å²) in [5.41, 5.74) is 1.40. The molecule has 144 valence electrons. The van der Waals surface area contributed by atoms with Crippen molar-refractivity contribution in [1.82, 2.24) is 20.2 Å². The molecule has 2 aromatic heterocycles. The molecule has 1 aliphatic heterocycles. The zero-order valence-electron chi connectivity index (χ0n) is 15.6. The van der Waals surface area contributed by atoms with Gasteiger partial charge >= 0.3 is 6.09 Å². The summed E-state index contributed by atoms with van der Waals surface area (Å²) in [5.74, 6) is 0.992. The summed E-state index contributed by atoms with van der Waals surface area (Å²) in [5, 5.41) is 3.02. The lowest BCUT2D eigenvalue weighted by molar-refractivity contribution is -0.121. The van der Waals surface area contributed by atoms with Gasteiger partial charge in [-0.05, 0) is 38.8 Å². The summed E-state index contributed by atoms with van der Waals surface area (Å²) in [6.45, 7) is 5.12. The number of nitrogens with zero attached hydrogens (tertiary/aromatic N) is 3. The molecule has 2 amide bonds. The lowest BCUT2D eigenvalue weighted by Crippen LogP contribution is -2.47. The van der Waals surface area contributed by atoms with Crippen LogP contribution in [0.5, 0.6) is 0 Å². The monoisotopic (exact) mass is 372 g/mol. The quantitative estimate of drug-likeness (QED) is 0.865. The van der Waals surface area contributed by atoms with Crippen molar-refractivity contribution in [1.29, 1.82) is 0 Å². The Bertz CT molecular complexity index is 782. The summed E-state index contributed by atoms with van der Waals surface area (Å²) < 4.78 is 10.7. The Morgan fingerprint density at radius 1 is 1.37 bits per heavy atom. The molecule has 2 aromatic rings. The maximum atomic E-state index is 12.4. The Kier molecular flexibility index (Phi) is 6.05. The van der Waals surface area contributed by atoms with E-state index in [1.54, 1.807) is 31.1 Å². The fraction of sp³-hybridized carbons (Fsp3) is 0.474. The lowest BCUT2D eigenvalue weighted by Gasteiger charge is -2.31. The second-order valence-electron chi connectivity index (χ2n) is 6.47. The van der Waals surface area contributed by atoms with Crippen molar-refractivity contribution in [2.75, 3.05) is 19.7 Å². The van der Waals surface area contributed by atoms with Crippen LogP contribution >= 0.6 is 0 Å². The molecule has 0 spiro atoms. The first-order chi connectivity index (χ1) is 13.1. The Morgan fingerprint density at radius 3 is 2.81 bits per heavy atom.